The second kappa shape index (κ2) is 12.0. The molecule has 3 heterocycles. The van der Waals surface area contributed by atoms with Crippen molar-refractivity contribution in [3.63, 3.8) is 0 Å². The minimum absolute atomic E-state index is 0. The molecule has 2 amide bonds. The molecule has 1 atom stereocenters. The predicted molar refractivity (Wildman–Crippen MR) is 126 cm³/mol. The number of oxazole rings is 1. The Morgan fingerprint density at radius 1 is 1.12 bits per heavy atom. The summed E-state index contributed by atoms with van der Waals surface area (Å²) in [6.45, 7) is 2.18. The summed E-state index contributed by atoms with van der Waals surface area (Å²) in [5, 5.41) is 0. The minimum atomic E-state index is -0.238. The van der Waals surface area contributed by atoms with E-state index >= 15 is 0 Å². The molecule has 1 unspecified atom stereocenters. The number of halogens is 1. The molecule has 0 saturated carbocycles. The highest BCUT2D eigenvalue weighted by Gasteiger charge is 2.27. The molecule has 0 spiro atoms. The molecule has 1 fully saturated rings. The standard InChI is InChI=1S/C24H32N4O4.ClH/c25-16-22-26-21(17-32-22)24(30)27-11-4-8-23(29)28-12-2-1-6-19(28)10-9-18-5-3-7-20(15-18)31-14-13-27;/h3,5,7,15,17,19H,1-2,4,6,8-14,16,25H2;1H. The summed E-state index contributed by atoms with van der Waals surface area (Å²) in [4.78, 5) is 33.9. The Kier molecular flexibility index (Phi) is 9.14. The lowest BCUT2D eigenvalue weighted by atomic mass is 9.95. The molecule has 1 aromatic heterocycles. The van der Waals surface area contributed by atoms with Gasteiger partial charge in [0.25, 0.3) is 5.91 Å². The van der Waals surface area contributed by atoms with Gasteiger partial charge in [0.15, 0.2) is 5.69 Å². The molecule has 180 valence electrons. The molecule has 2 aromatic rings. The van der Waals surface area contributed by atoms with E-state index in [1.54, 1.807) is 4.90 Å². The number of benzene rings is 1. The molecule has 0 aliphatic carbocycles. The van der Waals surface area contributed by atoms with Gasteiger partial charge in [-0.15, -0.1) is 12.4 Å². The van der Waals surface area contributed by atoms with Crippen LogP contribution in [0.4, 0.5) is 0 Å². The monoisotopic (exact) mass is 476 g/mol. The van der Waals surface area contributed by atoms with E-state index in [4.69, 9.17) is 14.9 Å². The van der Waals surface area contributed by atoms with Crippen molar-refractivity contribution >= 4 is 24.2 Å². The molecule has 1 aromatic carbocycles. The number of rotatable bonds is 2. The van der Waals surface area contributed by atoms with Crippen LogP contribution in [0.2, 0.25) is 0 Å². The zero-order valence-electron chi connectivity index (χ0n) is 18.9. The third-order valence-corrected chi connectivity index (χ3v) is 6.29. The number of piperidine rings is 1. The van der Waals surface area contributed by atoms with Crippen molar-refractivity contribution < 1.29 is 18.7 Å². The molecule has 33 heavy (non-hydrogen) atoms. The van der Waals surface area contributed by atoms with Gasteiger partial charge in [0.05, 0.1) is 13.1 Å². The maximum Gasteiger partial charge on any atom is 0.275 e. The number of carbonyl (C=O) groups excluding carboxylic acids is 2. The number of ether oxygens (including phenoxy) is 1. The maximum atomic E-state index is 13.0. The van der Waals surface area contributed by atoms with Gasteiger partial charge < -0.3 is 24.7 Å². The average Bonchev–Trinajstić information content (AvgIpc) is 3.30. The highest BCUT2D eigenvalue weighted by atomic mass is 35.5. The largest absolute Gasteiger partial charge is 0.492 e. The van der Waals surface area contributed by atoms with Gasteiger partial charge >= 0.3 is 0 Å². The lowest BCUT2D eigenvalue weighted by molar-refractivity contribution is -0.135. The van der Waals surface area contributed by atoms with E-state index in [1.807, 2.05) is 12.1 Å². The molecule has 0 radical (unpaired) electrons. The van der Waals surface area contributed by atoms with Gasteiger partial charge in [-0.3, -0.25) is 9.59 Å². The number of hydrogen-bond acceptors (Lipinski definition) is 6. The van der Waals surface area contributed by atoms with Crippen molar-refractivity contribution in [3.8, 4) is 5.75 Å². The third-order valence-electron chi connectivity index (χ3n) is 6.29. The second-order valence-electron chi connectivity index (χ2n) is 8.50. The van der Waals surface area contributed by atoms with Crippen LogP contribution >= 0.6 is 12.4 Å². The van der Waals surface area contributed by atoms with E-state index in [2.05, 4.69) is 22.0 Å². The molecule has 2 N–H and O–H groups in total. The number of hydrogen-bond donors (Lipinski definition) is 1. The summed E-state index contributed by atoms with van der Waals surface area (Å²) in [6.07, 6.45) is 7.55. The van der Waals surface area contributed by atoms with Crippen LogP contribution in [0.1, 0.15) is 60.5 Å². The quantitative estimate of drug-likeness (QED) is 0.714. The van der Waals surface area contributed by atoms with Crippen LogP contribution in [0.15, 0.2) is 34.9 Å². The van der Waals surface area contributed by atoms with Crippen LogP contribution in [0.5, 0.6) is 5.75 Å². The van der Waals surface area contributed by atoms with Gasteiger partial charge in [0, 0.05) is 25.6 Å². The first-order valence-corrected chi connectivity index (χ1v) is 11.6. The number of nitrogens with zero attached hydrogens (tertiary/aromatic N) is 3. The van der Waals surface area contributed by atoms with Crippen LogP contribution in [-0.2, 0) is 17.8 Å². The fraction of sp³-hybridized carbons (Fsp3) is 0.542. The summed E-state index contributed by atoms with van der Waals surface area (Å²) < 4.78 is 11.2. The number of carbonyl (C=O) groups is 2. The van der Waals surface area contributed by atoms with Gasteiger partial charge in [-0.25, -0.2) is 4.98 Å². The van der Waals surface area contributed by atoms with E-state index in [0.717, 1.165) is 38.0 Å². The summed E-state index contributed by atoms with van der Waals surface area (Å²) in [5.41, 5.74) is 6.99. The summed E-state index contributed by atoms with van der Waals surface area (Å²) in [6, 6.07) is 8.39. The van der Waals surface area contributed by atoms with Crippen LogP contribution in [0.25, 0.3) is 0 Å². The highest BCUT2D eigenvalue weighted by molar-refractivity contribution is 5.92. The van der Waals surface area contributed by atoms with Crippen LogP contribution < -0.4 is 10.5 Å². The first kappa shape index (κ1) is 25.1. The lowest BCUT2D eigenvalue weighted by Gasteiger charge is -2.36. The fourth-order valence-electron chi connectivity index (χ4n) is 4.57. The Balaban J connectivity index is 0.00000306. The molecular weight excluding hydrogens is 444 g/mol. The summed E-state index contributed by atoms with van der Waals surface area (Å²) in [5.74, 6) is 1.08. The highest BCUT2D eigenvalue weighted by Crippen LogP contribution is 2.24. The molecular formula is C24H33ClN4O4. The Labute approximate surface area is 200 Å². The fourth-order valence-corrected chi connectivity index (χ4v) is 4.57. The molecule has 1 saturated heterocycles. The Morgan fingerprint density at radius 2 is 2.00 bits per heavy atom. The normalized spacial score (nSPS) is 20.0. The van der Waals surface area contributed by atoms with Crippen LogP contribution in [-0.4, -0.2) is 58.9 Å². The molecule has 2 aliphatic rings. The van der Waals surface area contributed by atoms with E-state index in [9.17, 15) is 9.59 Å². The molecule has 9 heteroatoms. The van der Waals surface area contributed by atoms with Crippen molar-refractivity contribution in [3.05, 3.63) is 47.7 Å². The first-order chi connectivity index (χ1) is 15.6. The molecule has 4 rings (SSSR count). The SMILES string of the molecule is Cl.NCc1nc(C(=O)N2CCCC(=O)N3CCCCC3CCc3cccc(c3)OCC2)co1. The van der Waals surface area contributed by atoms with E-state index in [1.165, 1.54) is 18.2 Å². The zero-order chi connectivity index (χ0) is 22.3. The van der Waals surface area contributed by atoms with Crippen molar-refractivity contribution in [1.29, 1.82) is 0 Å². The molecule has 2 bridgehead atoms. The zero-order valence-corrected chi connectivity index (χ0v) is 19.7. The smallest absolute Gasteiger partial charge is 0.275 e. The van der Waals surface area contributed by atoms with E-state index in [0.29, 0.717) is 38.4 Å². The second-order valence-corrected chi connectivity index (χ2v) is 8.50. The average molecular weight is 477 g/mol. The van der Waals surface area contributed by atoms with Gasteiger partial charge in [0.1, 0.15) is 18.6 Å². The number of nitrogens with two attached hydrogens (primary N) is 1. The third kappa shape index (κ3) is 6.48. The van der Waals surface area contributed by atoms with E-state index in [-0.39, 0.29) is 42.5 Å². The van der Waals surface area contributed by atoms with Crippen molar-refractivity contribution in [2.24, 2.45) is 5.73 Å². The summed E-state index contributed by atoms with van der Waals surface area (Å²) in [7, 11) is 0. The van der Waals surface area contributed by atoms with Crippen molar-refractivity contribution in [2.75, 3.05) is 26.2 Å². The van der Waals surface area contributed by atoms with Crippen molar-refractivity contribution in [1.82, 2.24) is 14.8 Å². The van der Waals surface area contributed by atoms with E-state index < -0.39 is 0 Å². The first-order valence-electron chi connectivity index (χ1n) is 11.6. The van der Waals surface area contributed by atoms with Gasteiger partial charge in [-0.2, -0.15) is 0 Å². The number of amides is 2. The van der Waals surface area contributed by atoms with Gasteiger partial charge in [-0.1, -0.05) is 12.1 Å². The number of aryl methyl sites for hydroxylation is 1. The number of aromatic nitrogens is 1. The van der Waals surface area contributed by atoms with Crippen LogP contribution in [0.3, 0.4) is 0 Å². The predicted octanol–water partition coefficient (Wildman–Crippen LogP) is 3.18. The lowest BCUT2D eigenvalue weighted by Crippen LogP contribution is -2.44. The Hall–Kier alpha value is -2.58. The molecule has 2 aliphatic heterocycles. The Morgan fingerprint density at radius 3 is 2.82 bits per heavy atom. The minimum Gasteiger partial charge on any atom is -0.492 e. The van der Waals surface area contributed by atoms with Gasteiger partial charge in [0.2, 0.25) is 11.8 Å². The van der Waals surface area contributed by atoms with Crippen molar-refractivity contribution in [2.45, 2.75) is 57.5 Å². The molecule has 8 nitrogen and oxygen atoms in total. The van der Waals surface area contributed by atoms with Crippen LogP contribution in [0, 0.1) is 0 Å². The Bertz CT molecular complexity index is 935. The van der Waals surface area contributed by atoms with Gasteiger partial charge in [-0.05, 0) is 56.2 Å². The maximum absolute atomic E-state index is 13.0. The summed E-state index contributed by atoms with van der Waals surface area (Å²) >= 11 is 0. The number of fused-ring (bicyclic) bond motifs is 3. The topological polar surface area (TPSA) is 102 Å².